The van der Waals surface area contributed by atoms with E-state index in [0.717, 1.165) is 26.1 Å². The maximum Gasteiger partial charge on any atom is 0.0446 e. The molecule has 1 unspecified atom stereocenters. The van der Waals surface area contributed by atoms with Crippen LogP contribution in [0.1, 0.15) is 6.42 Å². The first-order chi connectivity index (χ1) is 4.43. The summed E-state index contributed by atoms with van der Waals surface area (Å²) in [7, 11) is 0. The summed E-state index contributed by atoms with van der Waals surface area (Å²) in [6.45, 7) is 2.79. The molecule has 1 rings (SSSR count). The SMILES string of the molecule is OCCC1C[N]CC[N]1. The minimum absolute atomic E-state index is 0.240. The third-order valence-electron chi connectivity index (χ3n) is 1.45. The van der Waals surface area contributed by atoms with Crippen LogP contribution < -0.4 is 10.6 Å². The van der Waals surface area contributed by atoms with Crippen molar-refractivity contribution >= 4 is 0 Å². The van der Waals surface area contributed by atoms with Crippen LogP contribution in [-0.4, -0.2) is 37.4 Å². The highest BCUT2D eigenvalue weighted by Gasteiger charge is 2.12. The summed E-state index contributed by atoms with van der Waals surface area (Å²) in [6, 6.07) is 0.309. The zero-order valence-corrected chi connectivity index (χ0v) is 5.45. The van der Waals surface area contributed by atoms with Gasteiger partial charge in [0.1, 0.15) is 0 Å². The molecule has 52 valence electrons. The molecule has 0 amide bonds. The molecule has 1 atom stereocenters. The molecular formula is C6H12N2O. The Morgan fingerprint density at radius 1 is 1.44 bits per heavy atom. The van der Waals surface area contributed by atoms with Gasteiger partial charge in [-0.2, -0.15) is 0 Å². The van der Waals surface area contributed by atoms with Crippen molar-refractivity contribution in [1.29, 1.82) is 0 Å². The van der Waals surface area contributed by atoms with Gasteiger partial charge in [0.15, 0.2) is 0 Å². The summed E-state index contributed by atoms with van der Waals surface area (Å²) in [6.07, 6.45) is 0.781. The van der Waals surface area contributed by atoms with Crippen LogP contribution in [0.15, 0.2) is 0 Å². The fourth-order valence-electron chi connectivity index (χ4n) is 0.941. The largest absolute Gasteiger partial charge is 0.396 e. The minimum Gasteiger partial charge on any atom is -0.396 e. The van der Waals surface area contributed by atoms with Crippen LogP contribution in [0.2, 0.25) is 0 Å². The summed E-state index contributed by atoms with van der Waals surface area (Å²) in [5, 5.41) is 17.0. The zero-order chi connectivity index (χ0) is 6.53. The molecule has 1 heterocycles. The van der Waals surface area contributed by atoms with E-state index in [9.17, 15) is 0 Å². The van der Waals surface area contributed by atoms with Crippen LogP contribution in [0.3, 0.4) is 0 Å². The Kier molecular flexibility index (Phi) is 2.97. The average Bonchev–Trinajstić information content (AvgIpc) is 1.91. The maximum atomic E-state index is 8.52. The highest BCUT2D eigenvalue weighted by molar-refractivity contribution is 4.73. The molecule has 0 aliphatic carbocycles. The summed E-state index contributed by atoms with van der Waals surface area (Å²) in [4.78, 5) is 0. The van der Waals surface area contributed by atoms with Gasteiger partial charge in [-0.1, -0.05) is 0 Å². The second kappa shape index (κ2) is 3.82. The van der Waals surface area contributed by atoms with Gasteiger partial charge in [-0.3, -0.25) is 0 Å². The fraction of sp³-hybridized carbons (Fsp3) is 1.00. The lowest BCUT2D eigenvalue weighted by atomic mass is 10.2. The second-order valence-electron chi connectivity index (χ2n) is 2.20. The topological polar surface area (TPSA) is 48.4 Å². The average molecular weight is 128 g/mol. The molecule has 0 spiro atoms. The third-order valence-corrected chi connectivity index (χ3v) is 1.45. The molecule has 0 saturated carbocycles. The van der Waals surface area contributed by atoms with Crippen molar-refractivity contribution in [2.24, 2.45) is 0 Å². The Hall–Kier alpha value is -0.120. The van der Waals surface area contributed by atoms with Gasteiger partial charge >= 0.3 is 0 Å². The Bertz CT molecular complexity index is 68.7. The number of aliphatic hydroxyl groups excluding tert-OH is 1. The highest BCUT2D eigenvalue weighted by atomic mass is 16.3. The van der Waals surface area contributed by atoms with Gasteiger partial charge < -0.3 is 5.11 Å². The van der Waals surface area contributed by atoms with E-state index in [1.54, 1.807) is 0 Å². The van der Waals surface area contributed by atoms with Gasteiger partial charge in [0.05, 0.1) is 0 Å². The highest BCUT2D eigenvalue weighted by Crippen LogP contribution is 1.94. The van der Waals surface area contributed by atoms with Gasteiger partial charge in [-0.25, -0.2) is 10.6 Å². The number of aliphatic hydroxyl groups is 1. The molecule has 2 radical (unpaired) electrons. The summed E-state index contributed by atoms with van der Waals surface area (Å²) < 4.78 is 0. The van der Waals surface area contributed by atoms with Crippen LogP contribution >= 0.6 is 0 Å². The molecule has 0 aromatic carbocycles. The predicted octanol–water partition coefficient (Wildman–Crippen LogP) is -1.04. The summed E-state index contributed by atoms with van der Waals surface area (Å²) in [5.74, 6) is 0. The number of rotatable bonds is 2. The molecule has 0 bridgehead atoms. The van der Waals surface area contributed by atoms with Gasteiger partial charge in [0.25, 0.3) is 0 Å². The van der Waals surface area contributed by atoms with Crippen molar-refractivity contribution in [3.05, 3.63) is 0 Å². The Morgan fingerprint density at radius 3 is 2.89 bits per heavy atom. The van der Waals surface area contributed by atoms with E-state index in [-0.39, 0.29) is 6.61 Å². The second-order valence-corrected chi connectivity index (χ2v) is 2.20. The van der Waals surface area contributed by atoms with Crippen molar-refractivity contribution in [1.82, 2.24) is 10.6 Å². The molecule has 9 heavy (non-hydrogen) atoms. The first-order valence-electron chi connectivity index (χ1n) is 3.34. The molecule has 1 fully saturated rings. The van der Waals surface area contributed by atoms with Crippen molar-refractivity contribution in [2.75, 3.05) is 26.2 Å². The van der Waals surface area contributed by atoms with E-state index in [0.29, 0.717) is 6.04 Å². The summed E-state index contributed by atoms with van der Waals surface area (Å²) in [5.41, 5.74) is 0. The van der Waals surface area contributed by atoms with Gasteiger partial charge in [0, 0.05) is 32.3 Å². The lowest BCUT2D eigenvalue weighted by molar-refractivity contribution is 0.252. The number of nitrogens with zero attached hydrogens (tertiary/aromatic N) is 2. The van der Waals surface area contributed by atoms with E-state index < -0.39 is 0 Å². The first kappa shape index (κ1) is 6.99. The molecule has 0 aromatic heterocycles. The molecule has 1 aliphatic heterocycles. The van der Waals surface area contributed by atoms with Crippen molar-refractivity contribution in [2.45, 2.75) is 12.5 Å². The van der Waals surface area contributed by atoms with Gasteiger partial charge in [-0.15, -0.1) is 0 Å². The van der Waals surface area contributed by atoms with E-state index in [1.807, 2.05) is 0 Å². The predicted molar refractivity (Wildman–Crippen MR) is 34.4 cm³/mol. The number of piperazine rings is 1. The van der Waals surface area contributed by atoms with Gasteiger partial charge in [0.2, 0.25) is 0 Å². The quantitative estimate of drug-likeness (QED) is 0.507. The lowest BCUT2D eigenvalue weighted by Gasteiger charge is -2.19. The molecule has 1 aliphatic rings. The Labute approximate surface area is 55.5 Å². The van der Waals surface area contributed by atoms with E-state index in [1.165, 1.54) is 0 Å². The normalized spacial score (nSPS) is 28.3. The monoisotopic (exact) mass is 128 g/mol. The van der Waals surface area contributed by atoms with Crippen LogP contribution in [0.5, 0.6) is 0 Å². The zero-order valence-electron chi connectivity index (χ0n) is 5.45. The van der Waals surface area contributed by atoms with E-state index >= 15 is 0 Å². The maximum absolute atomic E-state index is 8.52. The number of hydrogen-bond acceptors (Lipinski definition) is 1. The van der Waals surface area contributed by atoms with E-state index in [4.69, 9.17) is 5.11 Å². The Morgan fingerprint density at radius 2 is 2.33 bits per heavy atom. The Balaban J connectivity index is 2.08. The minimum atomic E-state index is 0.240. The lowest BCUT2D eigenvalue weighted by Crippen LogP contribution is -2.40. The number of hydrogen-bond donors (Lipinski definition) is 1. The molecule has 0 aromatic rings. The fourth-order valence-corrected chi connectivity index (χ4v) is 0.941. The van der Waals surface area contributed by atoms with Gasteiger partial charge in [-0.05, 0) is 6.42 Å². The first-order valence-corrected chi connectivity index (χ1v) is 3.34. The van der Waals surface area contributed by atoms with Crippen LogP contribution in [0, 0.1) is 0 Å². The molecular weight excluding hydrogens is 116 g/mol. The standard InChI is InChI=1S/C6H12N2O/c9-4-1-6-5-7-2-3-8-6/h6,9H,1-5H2. The van der Waals surface area contributed by atoms with Crippen molar-refractivity contribution in [3.63, 3.8) is 0 Å². The third kappa shape index (κ3) is 2.30. The molecule has 3 nitrogen and oxygen atoms in total. The molecule has 1 N–H and O–H groups in total. The van der Waals surface area contributed by atoms with Crippen LogP contribution in [0.25, 0.3) is 0 Å². The van der Waals surface area contributed by atoms with E-state index in [2.05, 4.69) is 10.6 Å². The molecule has 1 saturated heterocycles. The summed E-state index contributed by atoms with van der Waals surface area (Å²) >= 11 is 0. The smallest absolute Gasteiger partial charge is 0.0446 e. The van der Waals surface area contributed by atoms with Crippen molar-refractivity contribution < 1.29 is 5.11 Å². The molecule has 3 heteroatoms. The van der Waals surface area contributed by atoms with Crippen molar-refractivity contribution in [3.8, 4) is 0 Å². The van der Waals surface area contributed by atoms with Crippen LogP contribution in [-0.2, 0) is 0 Å². The van der Waals surface area contributed by atoms with Crippen LogP contribution in [0.4, 0.5) is 0 Å².